The molecule has 0 fully saturated rings. The van der Waals surface area contributed by atoms with Crippen LogP contribution in [0.5, 0.6) is 0 Å². The maximum atomic E-state index is 2.47. The van der Waals surface area contributed by atoms with E-state index in [-0.39, 0.29) is 0 Å². The number of nitrogens with zero attached hydrogens (tertiary/aromatic N) is 1. The Morgan fingerprint density at radius 1 is 0.553 bits per heavy atom. The van der Waals surface area contributed by atoms with Gasteiger partial charge in [0.2, 0.25) is 5.69 Å². The van der Waals surface area contributed by atoms with E-state index in [0.717, 1.165) is 12.8 Å². The second-order valence-electron chi connectivity index (χ2n) is 11.5. The van der Waals surface area contributed by atoms with Crippen molar-refractivity contribution < 1.29 is 4.57 Å². The van der Waals surface area contributed by atoms with Crippen molar-refractivity contribution in [1.82, 2.24) is 0 Å². The first-order valence-electron chi connectivity index (χ1n) is 13.8. The van der Waals surface area contributed by atoms with E-state index in [9.17, 15) is 0 Å². The first kappa shape index (κ1) is 23.2. The lowest BCUT2D eigenvalue weighted by Gasteiger charge is -2.19. The Hall–Kier alpha value is -3.97. The largest absolute Gasteiger partial charge is 0.213 e. The molecule has 7 rings (SSSR count). The summed E-state index contributed by atoms with van der Waals surface area (Å²) >= 11 is 0. The van der Waals surface area contributed by atoms with Crippen LogP contribution in [-0.4, -0.2) is 0 Å². The van der Waals surface area contributed by atoms with E-state index in [1.165, 1.54) is 94.7 Å². The number of pyridine rings is 1. The zero-order valence-corrected chi connectivity index (χ0v) is 23.3. The Labute approximate surface area is 226 Å². The Balaban J connectivity index is 1.56. The fourth-order valence-electron chi connectivity index (χ4n) is 7.45. The molecule has 2 aliphatic carbocycles. The zero-order chi connectivity index (χ0) is 26.3. The molecule has 1 heterocycles. The summed E-state index contributed by atoms with van der Waals surface area (Å²) in [5, 5.41) is 0. The normalized spacial score (nSPS) is 12.8. The van der Waals surface area contributed by atoms with Crippen LogP contribution in [0.3, 0.4) is 0 Å². The van der Waals surface area contributed by atoms with Crippen LogP contribution in [0.15, 0.2) is 72.9 Å². The molecule has 4 aromatic carbocycles. The van der Waals surface area contributed by atoms with Gasteiger partial charge in [0, 0.05) is 11.6 Å². The Bertz CT molecular complexity index is 1800. The molecule has 0 bridgehead atoms. The van der Waals surface area contributed by atoms with E-state index < -0.39 is 0 Å². The van der Waals surface area contributed by atoms with E-state index in [1.54, 1.807) is 0 Å². The van der Waals surface area contributed by atoms with Gasteiger partial charge in [-0.25, -0.2) is 4.57 Å². The van der Waals surface area contributed by atoms with Gasteiger partial charge in [0.1, 0.15) is 7.05 Å². The highest BCUT2D eigenvalue weighted by molar-refractivity contribution is 6.00. The molecule has 1 heteroatoms. The minimum absolute atomic E-state index is 0.989. The first-order valence-corrected chi connectivity index (χ1v) is 13.8. The van der Waals surface area contributed by atoms with Crippen molar-refractivity contribution in [3.8, 4) is 44.6 Å². The Morgan fingerprint density at radius 3 is 1.74 bits per heavy atom. The topological polar surface area (TPSA) is 3.88 Å². The lowest BCUT2D eigenvalue weighted by molar-refractivity contribution is -0.660. The number of aromatic nitrogens is 1. The number of benzene rings is 4. The highest BCUT2D eigenvalue weighted by Crippen LogP contribution is 2.53. The summed E-state index contributed by atoms with van der Waals surface area (Å²) in [6.45, 7) is 11.3. The van der Waals surface area contributed by atoms with Gasteiger partial charge in [-0.1, -0.05) is 66.2 Å². The number of aryl methyl sites for hydroxylation is 5. The second kappa shape index (κ2) is 8.27. The Kier molecular flexibility index (Phi) is 5.04. The molecule has 0 saturated carbocycles. The van der Waals surface area contributed by atoms with Gasteiger partial charge >= 0.3 is 0 Å². The van der Waals surface area contributed by atoms with Crippen molar-refractivity contribution in [2.45, 2.75) is 47.5 Å². The van der Waals surface area contributed by atoms with Crippen LogP contribution < -0.4 is 4.57 Å². The van der Waals surface area contributed by atoms with Gasteiger partial charge in [0.25, 0.3) is 0 Å². The minimum atomic E-state index is 0.989. The number of fused-ring (bicyclic) bond motifs is 7. The molecule has 1 aromatic heterocycles. The van der Waals surface area contributed by atoms with Gasteiger partial charge in [0.15, 0.2) is 6.20 Å². The van der Waals surface area contributed by atoms with Crippen molar-refractivity contribution in [1.29, 1.82) is 0 Å². The van der Waals surface area contributed by atoms with Crippen molar-refractivity contribution in [3.63, 3.8) is 0 Å². The van der Waals surface area contributed by atoms with Crippen molar-refractivity contribution >= 4 is 0 Å². The van der Waals surface area contributed by atoms with E-state index in [0.29, 0.717) is 0 Å². The summed E-state index contributed by atoms with van der Waals surface area (Å²) in [5.41, 5.74) is 23.9. The molecule has 5 aromatic rings. The van der Waals surface area contributed by atoms with Gasteiger partial charge in [-0.05, 0) is 120 Å². The summed E-state index contributed by atoms with van der Waals surface area (Å²) in [4.78, 5) is 0. The fraction of sp³-hybridized carbons (Fsp3) is 0.216. The average Bonchev–Trinajstić information content (AvgIpc) is 3.44. The molecular weight excluding hydrogens is 458 g/mol. The van der Waals surface area contributed by atoms with Crippen LogP contribution in [0.4, 0.5) is 0 Å². The summed E-state index contributed by atoms with van der Waals surface area (Å²) in [6.07, 6.45) is 4.33. The van der Waals surface area contributed by atoms with Crippen molar-refractivity contribution in [3.05, 3.63) is 123 Å². The van der Waals surface area contributed by atoms with Gasteiger partial charge in [0.05, 0.1) is 5.56 Å². The van der Waals surface area contributed by atoms with Crippen LogP contribution in [-0.2, 0) is 19.9 Å². The molecule has 0 amide bonds. The third-order valence-electron chi connectivity index (χ3n) is 8.97. The van der Waals surface area contributed by atoms with E-state index in [4.69, 9.17) is 0 Å². The molecule has 0 spiro atoms. The molecule has 0 atom stereocenters. The smallest absolute Gasteiger partial charge is 0.201 e. The van der Waals surface area contributed by atoms with Crippen LogP contribution in [0.1, 0.15) is 50.1 Å². The molecule has 0 saturated heterocycles. The molecule has 38 heavy (non-hydrogen) atoms. The molecule has 186 valence electrons. The quantitative estimate of drug-likeness (QED) is 0.213. The van der Waals surface area contributed by atoms with E-state index in [1.807, 2.05) is 0 Å². The SMILES string of the molecule is Cc1cc(C)c(-c2cc(-c3c(C)c4c(c5c3Cc3ccccc3-5)-c3ccccc3C4)[n+](C)cc2C)c(C)c1. The molecular formula is C37H34N+. The van der Waals surface area contributed by atoms with Gasteiger partial charge < -0.3 is 0 Å². The summed E-state index contributed by atoms with van der Waals surface area (Å²) < 4.78 is 2.36. The first-order chi connectivity index (χ1) is 18.3. The summed E-state index contributed by atoms with van der Waals surface area (Å²) in [6, 6.07) is 25.2. The molecule has 1 nitrogen and oxygen atoms in total. The maximum absolute atomic E-state index is 2.47. The monoisotopic (exact) mass is 492 g/mol. The van der Waals surface area contributed by atoms with Gasteiger partial charge in [-0.2, -0.15) is 0 Å². The highest BCUT2D eigenvalue weighted by Gasteiger charge is 2.35. The summed E-state index contributed by atoms with van der Waals surface area (Å²) in [7, 11) is 2.22. The molecule has 0 unspecified atom stereocenters. The van der Waals surface area contributed by atoms with E-state index >= 15 is 0 Å². The summed E-state index contributed by atoms with van der Waals surface area (Å²) in [5.74, 6) is 0. The lowest BCUT2D eigenvalue weighted by Crippen LogP contribution is -2.32. The van der Waals surface area contributed by atoms with Crippen LogP contribution >= 0.6 is 0 Å². The Morgan fingerprint density at radius 2 is 1.11 bits per heavy atom. The highest BCUT2D eigenvalue weighted by atomic mass is 14.9. The van der Waals surface area contributed by atoms with Crippen LogP contribution in [0.2, 0.25) is 0 Å². The zero-order valence-electron chi connectivity index (χ0n) is 23.3. The average molecular weight is 493 g/mol. The maximum Gasteiger partial charge on any atom is 0.213 e. The number of rotatable bonds is 2. The predicted molar refractivity (Wildman–Crippen MR) is 159 cm³/mol. The van der Waals surface area contributed by atoms with E-state index in [2.05, 4.69) is 119 Å². The lowest BCUT2D eigenvalue weighted by atomic mass is 9.84. The van der Waals surface area contributed by atoms with Crippen LogP contribution in [0.25, 0.3) is 44.6 Å². The minimum Gasteiger partial charge on any atom is -0.201 e. The molecule has 0 N–H and O–H groups in total. The van der Waals surface area contributed by atoms with Gasteiger partial charge in [-0.15, -0.1) is 0 Å². The second-order valence-corrected chi connectivity index (χ2v) is 11.5. The predicted octanol–water partition coefficient (Wildman–Crippen LogP) is 8.53. The molecule has 0 aliphatic heterocycles. The molecule has 2 aliphatic rings. The standard InChI is InChI=1S/C37H34N/c1-21-15-22(2)34(23(3)16-21)30-19-33(38(6)20-24(30)4)35-25(5)31-17-26-11-7-9-13-28(26)36(31)37-29-14-10-8-12-27(29)18-32(35)37/h7-16,19-20H,17-18H2,1-6H3/q+1. The molecule has 0 radical (unpaired) electrons. The third kappa shape index (κ3) is 3.21. The van der Waals surface area contributed by atoms with Crippen LogP contribution in [0, 0.1) is 34.6 Å². The number of hydrogen-bond donors (Lipinski definition) is 0. The van der Waals surface area contributed by atoms with Crippen molar-refractivity contribution in [2.24, 2.45) is 7.05 Å². The van der Waals surface area contributed by atoms with Gasteiger partial charge in [-0.3, -0.25) is 0 Å². The number of hydrogen-bond acceptors (Lipinski definition) is 0. The third-order valence-corrected chi connectivity index (χ3v) is 8.97. The fourth-order valence-corrected chi connectivity index (χ4v) is 7.45. The van der Waals surface area contributed by atoms with Crippen molar-refractivity contribution in [2.75, 3.05) is 0 Å².